The zero-order chi connectivity index (χ0) is 15.7. The monoisotopic (exact) mass is 341 g/mol. The first-order chi connectivity index (χ1) is 10.5. The number of nitrogens with zero attached hydrogens (tertiary/aromatic N) is 2. The zero-order valence-corrected chi connectivity index (χ0v) is 14.3. The van der Waals surface area contributed by atoms with Crippen LogP contribution in [0.3, 0.4) is 0 Å². The van der Waals surface area contributed by atoms with Gasteiger partial charge in [0.15, 0.2) is 5.76 Å². The molecular weight excluding hydrogens is 322 g/mol. The van der Waals surface area contributed by atoms with Crippen molar-refractivity contribution in [2.75, 3.05) is 6.54 Å². The Hall–Kier alpha value is -1.25. The fourth-order valence-corrected chi connectivity index (χ4v) is 5.25. The zero-order valence-electron chi connectivity index (χ0n) is 12.7. The lowest BCUT2D eigenvalue weighted by atomic mass is 10.0. The summed E-state index contributed by atoms with van der Waals surface area (Å²) < 4.78 is 32.1. The van der Waals surface area contributed by atoms with E-state index in [4.69, 9.17) is 4.52 Å². The van der Waals surface area contributed by atoms with Crippen molar-refractivity contribution in [2.24, 2.45) is 0 Å². The van der Waals surface area contributed by atoms with Gasteiger partial charge in [0.05, 0.1) is 10.7 Å². The number of hydrogen-bond acceptors (Lipinski definition) is 6. The van der Waals surface area contributed by atoms with Crippen molar-refractivity contribution in [3.8, 4) is 0 Å². The third-order valence-corrected chi connectivity index (χ3v) is 6.68. The van der Waals surface area contributed by atoms with Crippen molar-refractivity contribution in [1.82, 2.24) is 14.9 Å². The van der Waals surface area contributed by atoms with Gasteiger partial charge in [0.1, 0.15) is 10.6 Å². The fourth-order valence-electron chi connectivity index (χ4n) is 2.74. The van der Waals surface area contributed by atoms with Gasteiger partial charge in [-0.15, -0.1) is 11.3 Å². The van der Waals surface area contributed by atoms with Crippen LogP contribution in [0.4, 0.5) is 0 Å². The molecule has 0 saturated carbocycles. The Morgan fingerprint density at radius 3 is 2.73 bits per heavy atom. The van der Waals surface area contributed by atoms with Gasteiger partial charge in [0.2, 0.25) is 10.0 Å². The topological polar surface area (TPSA) is 85.1 Å². The molecular formula is C14H19N3O3S2. The first-order valence-electron chi connectivity index (χ1n) is 7.37. The number of fused-ring (bicyclic) bond motifs is 1. The molecule has 0 fully saturated rings. The van der Waals surface area contributed by atoms with E-state index in [0.29, 0.717) is 24.4 Å². The van der Waals surface area contributed by atoms with E-state index in [-0.39, 0.29) is 4.90 Å². The SMILES string of the molecule is Cc1noc(C)c1S(=O)(=O)NCCc1nc2c(s1)CCCC2. The molecule has 0 amide bonds. The molecule has 8 heteroatoms. The van der Waals surface area contributed by atoms with E-state index in [1.807, 2.05) is 0 Å². The largest absolute Gasteiger partial charge is 0.360 e. The Morgan fingerprint density at radius 2 is 2.05 bits per heavy atom. The van der Waals surface area contributed by atoms with Gasteiger partial charge in [-0.3, -0.25) is 0 Å². The van der Waals surface area contributed by atoms with Gasteiger partial charge in [-0.2, -0.15) is 0 Å². The van der Waals surface area contributed by atoms with Crippen LogP contribution >= 0.6 is 11.3 Å². The van der Waals surface area contributed by atoms with Crippen LogP contribution in [0.15, 0.2) is 9.42 Å². The van der Waals surface area contributed by atoms with Gasteiger partial charge in [0.25, 0.3) is 0 Å². The van der Waals surface area contributed by atoms with Crippen LogP contribution in [-0.2, 0) is 29.3 Å². The Bertz CT molecular complexity index is 734. The number of aromatic nitrogens is 2. The molecule has 3 rings (SSSR count). The van der Waals surface area contributed by atoms with E-state index in [1.54, 1.807) is 25.2 Å². The molecule has 1 aliphatic carbocycles. The number of aryl methyl sites for hydroxylation is 4. The maximum absolute atomic E-state index is 12.3. The van der Waals surface area contributed by atoms with Crippen LogP contribution < -0.4 is 4.72 Å². The highest BCUT2D eigenvalue weighted by Crippen LogP contribution is 2.27. The van der Waals surface area contributed by atoms with Crippen LogP contribution in [0, 0.1) is 13.8 Å². The molecule has 0 atom stereocenters. The van der Waals surface area contributed by atoms with Gasteiger partial charge < -0.3 is 4.52 Å². The Balaban J connectivity index is 1.64. The molecule has 2 aromatic rings. The van der Waals surface area contributed by atoms with E-state index in [0.717, 1.165) is 17.8 Å². The summed E-state index contributed by atoms with van der Waals surface area (Å²) in [6.45, 7) is 3.56. The van der Waals surface area contributed by atoms with Gasteiger partial charge in [0, 0.05) is 17.8 Å². The van der Waals surface area contributed by atoms with Crippen LogP contribution in [0.2, 0.25) is 0 Å². The van der Waals surface area contributed by atoms with Gasteiger partial charge in [-0.1, -0.05) is 5.16 Å². The molecule has 120 valence electrons. The normalized spacial score (nSPS) is 15.0. The molecule has 0 bridgehead atoms. The average Bonchev–Trinajstić information content (AvgIpc) is 3.01. The van der Waals surface area contributed by atoms with Crippen molar-refractivity contribution in [2.45, 2.75) is 50.8 Å². The fraction of sp³-hybridized carbons (Fsp3) is 0.571. The lowest BCUT2D eigenvalue weighted by Crippen LogP contribution is -2.26. The molecule has 22 heavy (non-hydrogen) atoms. The van der Waals surface area contributed by atoms with Crippen LogP contribution in [0.1, 0.15) is 39.9 Å². The quantitative estimate of drug-likeness (QED) is 0.900. The van der Waals surface area contributed by atoms with Crippen molar-refractivity contribution < 1.29 is 12.9 Å². The highest BCUT2D eigenvalue weighted by atomic mass is 32.2. The molecule has 0 unspecified atom stereocenters. The van der Waals surface area contributed by atoms with E-state index in [2.05, 4.69) is 14.9 Å². The summed E-state index contributed by atoms with van der Waals surface area (Å²) in [5.41, 5.74) is 1.59. The second-order valence-electron chi connectivity index (χ2n) is 5.49. The number of thiazole rings is 1. The second kappa shape index (κ2) is 6.10. The smallest absolute Gasteiger partial charge is 0.245 e. The maximum atomic E-state index is 12.3. The molecule has 2 heterocycles. The summed E-state index contributed by atoms with van der Waals surface area (Å²) >= 11 is 1.71. The first kappa shape index (κ1) is 15.6. The van der Waals surface area contributed by atoms with Crippen LogP contribution in [-0.4, -0.2) is 25.1 Å². The van der Waals surface area contributed by atoms with Crippen molar-refractivity contribution in [3.63, 3.8) is 0 Å². The molecule has 0 radical (unpaired) electrons. The Kier molecular flexibility index (Phi) is 4.33. The second-order valence-corrected chi connectivity index (χ2v) is 8.36. The van der Waals surface area contributed by atoms with E-state index in [9.17, 15) is 8.42 Å². The van der Waals surface area contributed by atoms with Crippen molar-refractivity contribution >= 4 is 21.4 Å². The molecule has 0 aliphatic heterocycles. The molecule has 2 aromatic heterocycles. The third-order valence-electron chi connectivity index (χ3n) is 3.76. The minimum atomic E-state index is -3.58. The van der Waals surface area contributed by atoms with Crippen molar-refractivity contribution in [3.05, 3.63) is 27.0 Å². The van der Waals surface area contributed by atoms with E-state index < -0.39 is 10.0 Å². The van der Waals surface area contributed by atoms with Crippen molar-refractivity contribution in [1.29, 1.82) is 0 Å². The third kappa shape index (κ3) is 3.09. The highest BCUT2D eigenvalue weighted by Gasteiger charge is 2.24. The summed E-state index contributed by atoms with van der Waals surface area (Å²) in [6, 6.07) is 0. The van der Waals surface area contributed by atoms with E-state index >= 15 is 0 Å². The van der Waals surface area contributed by atoms with Gasteiger partial charge >= 0.3 is 0 Å². The predicted octanol–water partition coefficient (Wildman–Crippen LogP) is 2.15. The number of rotatable bonds is 5. The Labute approximate surface area is 134 Å². The predicted molar refractivity (Wildman–Crippen MR) is 83.6 cm³/mol. The van der Waals surface area contributed by atoms with Crippen LogP contribution in [0.25, 0.3) is 0 Å². The average molecular weight is 341 g/mol. The minimum absolute atomic E-state index is 0.144. The summed E-state index contributed by atoms with van der Waals surface area (Å²) in [5, 5.41) is 4.70. The maximum Gasteiger partial charge on any atom is 0.245 e. The van der Waals surface area contributed by atoms with E-state index in [1.165, 1.54) is 23.4 Å². The number of sulfonamides is 1. The molecule has 1 N–H and O–H groups in total. The Morgan fingerprint density at radius 1 is 1.27 bits per heavy atom. The summed E-state index contributed by atoms with van der Waals surface area (Å²) in [6.07, 6.45) is 5.21. The molecule has 6 nitrogen and oxygen atoms in total. The minimum Gasteiger partial charge on any atom is -0.360 e. The van der Waals surface area contributed by atoms with Crippen LogP contribution in [0.5, 0.6) is 0 Å². The summed E-state index contributed by atoms with van der Waals surface area (Å²) in [7, 11) is -3.58. The standard InChI is InChI=1S/C14H19N3O3S2/c1-9-14(10(2)20-17-9)22(18,19)15-8-7-13-16-11-5-3-4-6-12(11)21-13/h15H,3-8H2,1-2H3. The summed E-state index contributed by atoms with van der Waals surface area (Å²) in [5.74, 6) is 0.315. The highest BCUT2D eigenvalue weighted by molar-refractivity contribution is 7.89. The lowest BCUT2D eigenvalue weighted by molar-refractivity contribution is 0.390. The first-order valence-corrected chi connectivity index (χ1v) is 9.67. The molecule has 1 aliphatic rings. The lowest BCUT2D eigenvalue weighted by Gasteiger charge is -2.06. The number of nitrogens with one attached hydrogen (secondary N) is 1. The van der Waals surface area contributed by atoms with Gasteiger partial charge in [-0.05, 0) is 39.5 Å². The molecule has 0 saturated heterocycles. The number of hydrogen-bond donors (Lipinski definition) is 1. The molecule has 0 aromatic carbocycles. The summed E-state index contributed by atoms with van der Waals surface area (Å²) in [4.78, 5) is 6.14. The molecule has 0 spiro atoms. The van der Waals surface area contributed by atoms with Gasteiger partial charge in [-0.25, -0.2) is 18.1 Å².